The van der Waals surface area contributed by atoms with Gasteiger partial charge in [-0.05, 0) is 19.8 Å². The van der Waals surface area contributed by atoms with E-state index in [0.717, 1.165) is 6.42 Å². The molecule has 2 rings (SSSR count). The van der Waals surface area contributed by atoms with Gasteiger partial charge in [-0.3, -0.25) is 14.4 Å². The van der Waals surface area contributed by atoms with E-state index in [1.54, 1.807) is 6.92 Å². The Labute approximate surface area is 104 Å². The Morgan fingerprint density at radius 2 is 2.22 bits per heavy atom. The largest absolute Gasteiger partial charge is 0.368 e. The van der Waals surface area contributed by atoms with Crippen molar-refractivity contribution in [2.75, 3.05) is 6.54 Å². The summed E-state index contributed by atoms with van der Waals surface area (Å²) in [5.74, 6) is -0.957. The minimum atomic E-state index is -0.599. The van der Waals surface area contributed by atoms with E-state index in [9.17, 15) is 14.4 Å². The first-order valence-corrected chi connectivity index (χ1v) is 5.80. The number of rotatable bonds is 2. The molecule has 3 N–H and O–H groups in total. The van der Waals surface area contributed by atoms with Crippen LogP contribution in [-0.4, -0.2) is 34.3 Å². The lowest BCUT2D eigenvalue weighted by Crippen LogP contribution is -2.44. The van der Waals surface area contributed by atoms with Crippen molar-refractivity contribution in [3.8, 4) is 0 Å². The topological polar surface area (TPSA) is 96.3 Å². The van der Waals surface area contributed by atoms with Crippen LogP contribution in [0.2, 0.25) is 0 Å². The monoisotopic (exact) mass is 249 g/mol. The fraction of sp³-hybridized carbons (Fsp3) is 0.417. The van der Waals surface area contributed by atoms with Crippen LogP contribution in [0.3, 0.4) is 0 Å². The third-order valence-corrected chi connectivity index (χ3v) is 3.13. The second kappa shape index (κ2) is 4.64. The Morgan fingerprint density at radius 1 is 1.50 bits per heavy atom. The van der Waals surface area contributed by atoms with Crippen molar-refractivity contribution in [1.82, 2.24) is 9.88 Å². The van der Waals surface area contributed by atoms with Gasteiger partial charge in [-0.1, -0.05) is 0 Å². The number of aryl methyl sites for hydroxylation is 1. The van der Waals surface area contributed by atoms with Crippen LogP contribution in [0.5, 0.6) is 0 Å². The Morgan fingerprint density at radius 3 is 2.83 bits per heavy atom. The second-order valence-electron chi connectivity index (χ2n) is 4.45. The normalized spacial score (nSPS) is 18.9. The summed E-state index contributed by atoms with van der Waals surface area (Å²) in [7, 11) is 0. The molecule has 0 aromatic carbocycles. The van der Waals surface area contributed by atoms with E-state index in [4.69, 9.17) is 5.73 Å². The van der Waals surface area contributed by atoms with E-state index in [1.165, 1.54) is 17.2 Å². The average Bonchev–Trinajstić information content (AvgIpc) is 2.77. The number of pyridine rings is 1. The minimum absolute atomic E-state index is 0.0498. The Kier molecular flexibility index (Phi) is 3.18. The molecule has 0 bridgehead atoms. The highest BCUT2D eigenvalue weighted by atomic mass is 16.2. The lowest BCUT2D eigenvalue weighted by molar-refractivity contribution is -0.121. The van der Waals surface area contributed by atoms with Crippen LogP contribution in [0, 0.1) is 6.92 Å². The molecular weight excluding hydrogens is 234 g/mol. The molecule has 96 valence electrons. The van der Waals surface area contributed by atoms with Crippen molar-refractivity contribution in [3.05, 3.63) is 33.7 Å². The maximum absolute atomic E-state index is 12.2. The van der Waals surface area contributed by atoms with Gasteiger partial charge in [0, 0.05) is 24.5 Å². The number of primary amides is 1. The molecule has 6 heteroatoms. The maximum atomic E-state index is 12.2. The van der Waals surface area contributed by atoms with Gasteiger partial charge < -0.3 is 15.6 Å². The van der Waals surface area contributed by atoms with Crippen molar-refractivity contribution in [2.24, 2.45) is 5.73 Å². The van der Waals surface area contributed by atoms with E-state index < -0.39 is 17.9 Å². The number of amides is 2. The minimum Gasteiger partial charge on any atom is -0.368 e. The van der Waals surface area contributed by atoms with E-state index in [2.05, 4.69) is 4.98 Å². The number of hydrogen-bond donors (Lipinski definition) is 2. The van der Waals surface area contributed by atoms with Crippen LogP contribution in [-0.2, 0) is 4.79 Å². The highest BCUT2D eigenvalue weighted by molar-refractivity contribution is 5.97. The standard InChI is InChI=1S/C12H15N3O3/c1-7-5-10(16)8(6-14-7)12(18)15-4-2-3-9(15)11(13)17/h5-6,9H,2-4H2,1H3,(H2,13,17)(H,14,16). The number of aromatic amines is 1. The zero-order valence-electron chi connectivity index (χ0n) is 10.1. The van der Waals surface area contributed by atoms with Gasteiger partial charge in [0.1, 0.15) is 11.6 Å². The summed E-state index contributed by atoms with van der Waals surface area (Å²) in [6, 6.07) is 0.765. The van der Waals surface area contributed by atoms with Gasteiger partial charge in [0.25, 0.3) is 5.91 Å². The first kappa shape index (κ1) is 12.3. The summed E-state index contributed by atoms with van der Waals surface area (Å²) in [5.41, 5.74) is 5.64. The van der Waals surface area contributed by atoms with Crippen molar-refractivity contribution >= 4 is 11.8 Å². The average molecular weight is 249 g/mol. The number of likely N-dealkylation sites (tertiary alicyclic amines) is 1. The van der Waals surface area contributed by atoms with Crippen LogP contribution >= 0.6 is 0 Å². The lowest BCUT2D eigenvalue weighted by atomic mass is 10.2. The highest BCUT2D eigenvalue weighted by Gasteiger charge is 2.33. The van der Waals surface area contributed by atoms with Gasteiger partial charge in [-0.25, -0.2) is 0 Å². The predicted molar refractivity (Wildman–Crippen MR) is 65.1 cm³/mol. The molecule has 1 atom stereocenters. The van der Waals surface area contributed by atoms with Gasteiger partial charge in [0.2, 0.25) is 5.91 Å². The fourth-order valence-electron chi connectivity index (χ4n) is 2.20. The summed E-state index contributed by atoms with van der Waals surface area (Å²) >= 11 is 0. The quantitative estimate of drug-likeness (QED) is 0.758. The number of aromatic nitrogens is 1. The molecule has 1 aromatic heterocycles. The molecule has 0 saturated carbocycles. The maximum Gasteiger partial charge on any atom is 0.259 e. The van der Waals surface area contributed by atoms with Crippen LogP contribution < -0.4 is 11.2 Å². The molecule has 6 nitrogen and oxygen atoms in total. The smallest absolute Gasteiger partial charge is 0.259 e. The summed E-state index contributed by atoms with van der Waals surface area (Å²) in [6.45, 7) is 2.19. The van der Waals surface area contributed by atoms with E-state index in [0.29, 0.717) is 18.7 Å². The molecule has 1 fully saturated rings. The summed E-state index contributed by atoms with van der Waals surface area (Å²) in [4.78, 5) is 39.4. The van der Waals surface area contributed by atoms with Crippen LogP contribution in [0.15, 0.2) is 17.1 Å². The summed E-state index contributed by atoms with van der Waals surface area (Å²) in [6.07, 6.45) is 2.67. The highest BCUT2D eigenvalue weighted by Crippen LogP contribution is 2.18. The lowest BCUT2D eigenvalue weighted by Gasteiger charge is -2.21. The van der Waals surface area contributed by atoms with Crippen molar-refractivity contribution in [2.45, 2.75) is 25.8 Å². The molecule has 0 radical (unpaired) electrons. The fourth-order valence-corrected chi connectivity index (χ4v) is 2.20. The van der Waals surface area contributed by atoms with Gasteiger partial charge in [-0.15, -0.1) is 0 Å². The van der Waals surface area contributed by atoms with E-state index >= 15 is 0 Å². The van der Waals surface area contributed by atoms with Crippen molar-refractivity contribution in [1.29, 1.82) is 0 Å². The zero-order chi connectivity index (χ0) is 13.3. The molecular formula is C12H15N3O3. The van der Waals surface area contributed by atoms with Gasteiger partial charge in [0.15, 0.2) is 5.43 Å². The third-order valence-electron chi connectivity index (χ3n) is 3.13. The predicted octanol–water partition coefficient (Wildman–Crippen LogP) is -0.227. The number of nitrogens with zero attached hydrogens (tertiary/aromatic N) is 1. The summed E-state index contributed by atoms with van der Waals surface area (Å²) < 4.78 is 0. The number of nitrogens with two attached hydrogens (primary N) is 1. The van der Waals surface area contributed by atoms with Gasteiger partial charge in [0.05, 0.1) is 0 Å². The van der Waals surface area contributed by atoms with Crippen LogP contribution in [0.4, 0.5) is 0 Å². The summed E-state index contributed by atoms with van der Waals surface area (Å²) in [5, 5.41) is 0. The third kappa shape index (κ3) is 2.13. The number of H-pyrrole nitrogens is 1. The van der Waals surface area contributed by atoms with Gasteiger partial charge in [-0.2, -0.15) is 0 Å². The first-order valence-electron chi connectivity index (χ1n) is 5.80. The number of carbonyl (C=O) groups is 2. The molecule has 2 heterocycles. The van der Waals surface area contributed by atoms with Crippen molar-refractivity contribution in [3.63, 3.8) is 0 Å². The SMILES string of the molecule is Cc1cc(=O)c(C(=O)N2CCCC2C(N)=O)c[nH]1. The van der Waals surface area contributed by atoms with Crippen LogP contribution in [0.25, 0.3) is 0 Å². The molecule has 1 saturated heterocycles. The Balaban J connectivity index is 2.31. The molecule has 0 aliphatic carbocycles. The van der Waals surface area contributed by atoms with Crippen molar-refractivity contribution < 1.29 is 9.59 Å². The molecule has 2 amide bonds. The number of nitrogens with one attached hydrogen (secondary N) is 1. The molecule has 1 aliphatic rings. The van der Waals surface area contributed by atoms with Crippen LogP contribution in [0.1, 0.15) is 28.9 Å². The molecule has 1 aliphatic heterocycles. The molecule has 1 aromatic rings. The number of hydrogen-bond acceptors (Lipinski definition) is 3. The molecule has 1 unspecified atom stereocenters. The van der Waals surface area contributed by atoms with E-state index in [-0.39, 0.29) is 11.0 Å². The Bertz CT molecular complexity index is 550. The first-order chi connectivity index (χ1) is 8.50. The molecule has 0 spiro atoms. The Hall–Kier alpha value is -2.11. The number of carbonyl (C=O) groups excluding carboxylic acids is 2. The van der Waals surface area contributed by atoms with E-state index in [1.807, 2.05) is 0 Å². The van der Waals surface area contributed by atoms with Gasteiger partial charge >= 0.3 is 0 Å². The molecule has 18 heavy (non-hydrogen) atoms. The second-order valence-corrected chi connectivity index (χ2v) is 4.45. The zero-order valence-corrected chi connectivity index (χ0v) is 10.1.